The molecule has 4 nitrogen and oxygen atoms in total. The third-order valence-corrected chi connectivity index (χ3v) is 4.18. The maximum absolute atomic E-state index is 12.2. The lowest BCUT2D eigenvalue weighted by atomic mass is 9.94. The Bertz CT molecular complexity index is 380. The van der Waals surface area contributed by atoms with Gasteiger partial charge in [0.2, 0.25) is 0 Å². The normalized spacial score (nSPS) is 21.3. The maximum Gasteiger partial charge on any atom is 0.390 e. The van der Waals surface area contributed by atoms with Crippen molar-refractivity contribution in [2.24, 2.45) is 10.9 Å². The third kappa shape index (κ3) is 7.90. The third-order valence-electron chi connectivity index (χ3n) is 4.18. The summed E-state index contributed by atoms with van der Waals surface area (Å²) < 4.78 is 36.7. The SMILES string of the molecule is CCNC(=NCC(C)(C)N1CCCC(C)C1)NCCC(F)(F)F. The number of hydrogen-bond donors (Lipinski definition) is 2. The average molecular weight is 336 g/mol. The van der Waals surface area contributed by atoms with Crippen LogP contribution in [0.1, 0.15) is 47.0 Å². The highest BCUT2D eigenvalue weighted by atomic mass is 19.4. The van der Waals surface area contributed by atoms with Crippen LogP contribution in [0.2, 0.25) is 0 Å². The quantitative estimate of drug-likeness (QED) is 0.579. The molecule has 1 rings (SSSR count). The first-order valence-electron chi connectivity index (χ1n) is 8.48. The number of guanidine groups is 1. The summed E-state index contributed by atoms with van der Waals surface area (Å²) in [5.74, 6) is 1.14. The Balaban J connectivity index is 2.56. The number of hydrogen-bond acceptors (Lipinski definition) is 2. The molecule has 0 amide bonds. The molecule has 23 heavy (non-hydrogen) atoms. The van der Waals surface area contributed by atoms with Gasteiger partial charge < -0.3 is 10.6 Å². The molecular weight excluding hydrogens is 305 g/mol. The first kappa shape index (κ1) is 20.1. The number of likely N-dealkylation sites (tertiary alicyclic amines) is 1. The Morgan fingerprint density at radius 3 is 2.52 bits per heavy atom. The van der Waals surface area contributed by atoms with E-state index in [9.17, 15) is 13.2 Å². The summed E-state index contributed by atoms with van der Waals surface area (Å²) in [4.78, 5) is 6.92. The molecule has 0 radical (unpaired) electrons. The number of halogens is 3. The molecule has 1 aliphatic rings. The van der Waals surface area contributed by atoms with E-state index < -0.39 is 12.6 Å². The van der Waals surface area contributed by atoms with Crippen molar-refractivity contribution in [2.45, 2.75) is 58.7 Å². The molecule has 1 saturated heterocycles. The molecule has 0 aromatic rings. The molecule has 0 spiro atoms. The highest BCUT2D eigenvalue weighted by Crippen LogP contribution is 2.24. The molecule has 0 aliphatic carbocycles. The Kier molecular flexibility index (Phi) is 7.64. The summed E-state index contributed by atoms with van der Waals surface area (Å²) in [7, 11) is 0. The summed E-state index contributed by atoms with van der Waals surface area (Å²) in [5, 5.41) is 5.77. The zero-order chi connectivity index (χ0) is 17.5. The second-order valence-corrected chi connectivity index (χ2v) is 6.99. The zero-order valence-corrected chi connectivity index (χ0v) is 14.8. The Labute approximate surface area is 137 Å². The lowest BCUT2D eigenvalue weighted by Gasteiger charge is -2.42. The van der Waals surface area contributed by atoms with E-state index in [4.69, 9.17) is 0 Å². The molecule has 1 fully saturated rings. The van der Waals surface area contributed by atoms with Crippen LogP contribution < -0.4 is 10.6 Å². The number of rotatable bonds is 6. The summed E-state index contributed by atoms with van der Waals surface area (Å²) in [6, 6.07) is 0. The molecule has 1 heterocycles. The molecule has 0 aromatic heterocycles. The van der Waals surface area contributed by atoms with Crippen LogP contribution in [0.4, 0.5) is 13.2 Å². The fourth-order valence-electron chi connectivity index (χ4n) is 2.78. The van der Waals surface area contributed by atoms with E-state index in [0.29, 0.717) is 25.0 Å². The number of nitrogens with zero attached hydrogens (tertiary/aromatic N) is 2. The van der Waals surface area contributed by atoms with Gasteiger partial charge in [0.05, 0.1) is 13.0 Å². The van der Waals surface area contributed by atoms with Gasteiger partial charge in [0.15, 0.2) is 5.96 Å². The van der Waals surface area contributed by atoms with Crippen LogP contribution in [-0.4, -0.2) is 55.3 Å². The Morgan fingerprint density at radius 2 is 1.96 bits per heavy atom. The zero-order valence-electron chi connectivity index (χ0n) is 14.8. The van der Waals surface area contributed by atoms with E-state index >= 15 is 0 Å². The fourth-order valence-corrected chi connectivity index (χ4v) is 2.78. The van der Waals surface area contributed by atoms with Crippen molar-refractivity contribution >= 4 is 5.96 Å². The summed E-state index contributed by atoms with van der Waals surface area (Å²) >= 11 is 0. The predicted octanol–water partition coefficient (Wildman–Crippen LogP) is 3.00. The highest BCUT2D eigenvalue weighted by Gasteiger charge is 2.30. The number of alkyl halides is 3. The monoisotopic (exact) mass is 336 g/mol. The number of piperidine rings is 1. The number of nitrogens with one attached hydrogen (secondary N) is 2. The first-order valence-corrected chi connectivity index (χ1v) is 8.48. The van der Waals surface area contributed by atoms with E-state index in [2.05, 4.69) is 41.3 Å². The van der Waals surface area contributed by atoms with Crippen LogP contribution in [0, 0.1) is 5.92 Å². The minimum atomic E-state index is -4.15. The van der Waals surface area contributed by atoms with Crippen LogP contribution in [0.3, 0.4) is 0 Å². The molecule has 0 saturated carbocycles. The van der Waals surface area contributed by atoms with Crippen LogP contribution in [0.15, 0.2) is 4.99 Å². The molecule has 2 N–H and O–H groups in total. The highest BCUT2D eigenvalue weighted by molar-refractivity contribution is 5.79. The molecule has 0 aromatic carbocycles. The second kappa shape index (κ2) is 8.76. The smallest absolute Gasteiger partial charge is 0.357 e. The summed E-state index contributed by atoms with van der Waals surface area (Å²) in [6.45, 7) is 11.6. The van der Waals surface area contributed by atoms with Crippen molar-refractivity contribution in [3.63, 3.8) is 0 Å². The van der Waals surface area contributed by atoms with Crippen molar-refractivity contribution in [3.8, 4) is 0 Å². The Hall–Kier alpha value is -0.980. The molecule has 1 unspecified atom stereocenters. The van der Waals surface area contributed by atoms with Crippen molar-refractivity contribution < 1.29 is 13.2 Å². The van der Waals surface area contributed by atoms with Gasteiger partial charge >= 0.3 is 6.18 Å². The summed E-state index contributed by atoms with van der Waals surface area (Å²) in [5.41, 5.74) is -0.0962. The van der Waals surface area contributed by atoms with E-state index in [-0.39, 0.29) is 12.1 Å². The molecule has 136 valence electrons. The van der Waals surface area contributed by atoms with Crippen molar-refractivity contribution in [1.82, 2.24) is 15.5 Å². The van der Waals surface area contributed by atoms with Gasteiger partial charge in [0.1, 0.15) is 0 Å². The van der Waals surface area contributed by atoms with Crippen LogP contribution >= 0.6 is 0 Å². The van der Waals surface area contributed by atoms with E-state index in [0.717, 1.165) is 13.1 Å². The van der Waals surface area contributed by atoms with Gasteiger partial charge in [-0.3, -0.25) is 9.89 Å². The Morgan fingerprint density at radius 1 is 1.26 bits per heavy atom. The van der Waals surface area contributed by atoms with E-state index in [1.807, 2.05) is 6.92 Å². The van der Waals surface area contributed by atoms with Crippen LogP contribution in [-0.2, 0) is 0 Å². The van der Waals surface area contributed by atoms with Gasteiger partial charge in [-0.15, -0.1) is 0 Å². The lowest BCUT2D eigenvalue weighted by molar-refractivity contribution is -0.132. The lowest BCUT2D eigenvalue weighted by Crippen LogP contribution is -2.51. The molecule has 1 aliphatic heterocycles. The number of aliphatic imine (C=N–C) groups is 1. The molecule has 1 atom stereocenters. The summed E-state index contributed by atoms with van der Waals surface area (Å²) in [6.07, 6.45) is -2.55. The van der Waals surface area contributed by atoms with Crippen LogP contribution in [0.5, 0.6) is 0 Å². The van der Waals surface area contributed by atoms with Gasteiger partial charge in [0, 0.05) is 25.2 Å². The molecule has 7 heteroatoms. The van der Waals surface area contributed by atoms with Gasteiger partial charge in [-0.25, -0.2) is 0 Å². The average Bonchev–Trinajstić information content (AvgIpc) is 2.43. The maximum atomic E-state index is 12.2. The standard InChI is InChI=1S/C16H31F3N4/c1-5-20-14(21-9-8-16(17,18)19)22-12-15(3,4)23-10-6-7-13(2)11-23/h13H,5-12H2,1-4H3,(H2,20,21,22). The largest absolute Gasteiger partial charge is 0.390 e. The van der Waals surface area contributed by atoms with Crippen molar-refractivity contribution in [1.29, 1.82) is 0 Å². The van der Waals surface area contributed by atoms with Crippen LogP contribution in [0.25, 0.3) is 0 Å². The van der Waals surface area contributed by atoms with Crippen molar-refractivity contribution in [2.75, 3.05) is 32.7 Å². The van der Waals surface area contributed by atoms with Gasteiger partial charge in [-0.2, -0.15) is 13.2 Å². The van der Waals surface area contributed by atoms with E-state index in [1.54, 1.807) is 0 Å². The van der Waals surface area contributed by atoms with Crippen molar-refractivity contribution in [3.05, 3.63) is 0 Å². The molecule has 0 bridgehead atoms. The first-order chi connectivity index (χ1) is 10.6. The van der Waals surface area contributed by atoms with Gasteiger partial charge in [-0.1, -0.05) is 6.92 Å². The predicted molar refractivity (Wildman–Crippen MR) is 88.7 cm³/mol. The second-order valence-electron chi connectivity index (χ2n) is 6.99. The minimum Gasteiger partial charge on any atom is -0.357 e. The minimum absolute atomic E-state index is 0.0962. The van der Waals surface area contributed by atoms with Gasteiger partial charge in [-0.05, 0) is 46.1 Å². The van der Waals surface area contributed by atoms with E-state index in [1.165, 1.54) is 12.8 Å². The fraction of sp³-hybridized carbons (Fsp3) is 0.938. The molecular formula is C16H31F3N4. The van der Waals surface area contributed by atoms with Gasteiger partial charge in [0.25, 0.3) is 0 Å². The topological polar surface area (TPSA) is 39.7 Å².